The number of methoxy groups -OCH3 is 2. The standard InChI is InChI=1S/C69H91ClN6O22/c1-11-73(6)37-45-34-44-17-12-13-19-48(44)76(45)25-23-46(77)18-15-26-91-28-29-92-27-24-55(78)71-47-31-42(21-22-50(47)94-65-60(82)58(80)59(81)61(97-65)63(83)84)38-93-67(87)74(7)41(4)64(85)96-54-35-56(79)75(8)49-32-43(33-51(89-9)57(49)70)30-39(2)16-14-20-53(90-10)69(88)36-52(95-66(86)72-69)40(3)62-68(54,5)98-62/h12-14,16-17,19-22,31-34,40-41,52-54,58-62,65,80-82,88H,11,15,18,23-30,35-38H2,1-10H3,(H,71,78)(H,72,86)(H,83,84)/b20-14+,39-16+/t40-,41+,52+,53-,54+,58+,59+,60-,61+,62+,65?,68+,69+/m1/s1. The largest absolute Gasteiger partial charge is 0.495 e. The van der Waals surface area contributed by atoms with E-state index in [9.17, 15) is 59.1 Å². The average Bonchev–Trinajstić information content (AvgIpc) is 1.57. The molecule has 4 aliphatic heterocycles. The number of halogens is 1. The summed E-state index contributed by atoms with van der Waals surface area (Å²) in [6.45, 7) is 11.0. The monoisotopic (exact) mass is 1390 g/mol. The number of nitrogens with one attached hydrogen (secondary N) is 2. The number of aryl methyl sites for hydroxylation is 1. The van der Waals surface area contributed by atoms with Gasteiger partial charge < -0.3 is 92.6 Å². The topological polar surface area (TPSA) is 355 Å². The molecular weight excluding hydrogens is 1300 g/mol. The lowest BCUT2D eigenvalue weighted by Crippen LogP contribution is -2.63. The Morgan fingerprint density at radius 2 is 1.66 bits per heavy atom. The lowest BCUT2D eigenvalue weighted by molar-refractivity contribution is -0.271. The smallest absolute Gasteiger partial charge is 0.410 e. The number of anilines is 2. The summed E-state index contributed by atoms with van der Waals surface area (Å²) in [6.07, 6.45) is -10.1. The maximum absolute atomic E-state index is 14.5. The van der Waals surface area contributed by atoms with E-state index in [-0.39, 0.29) is 71.9 Å². The molecule has 5 heterocycles. The van der Waals surface area contributed by atoms with Gasteiger partial charge in [-0.2, -0.15) is 0 Å². The number of rotatable bonds is 27. The number of para-hydroxylation sites is 1. The van der Waals surface area contributed by atoms with Gasteiger partial charge in [0.05, 0.1) is 57.3 Å². The first-order valence-corrected chi connectivity index (χ1v) is 32.9. The van der Waals surface area contributed by atoms with Crippen molar-refractivity contribution in [3.63, 3.8) is 0 Å². The van der Waals surface area contributed by atoms with Crippen LogP contribution in [-0.4, -0.2) is 222 Å². The second-order valence-corrected chi connectivity index (χ2v) is 25.7. The zero-order valence-corrected chi connectivity index (χ0v) is 57.6. The van der Waals surface area contributed by atoms with Crippen molar-refractivity contribution < 1.29 is 106 Å². The van der Waals surface area contributed by atoms with Gasteiger partial charge in [-0.05, 0) is 100 Å². The summed E-state index contributed by atoms with van der Waals surface area (Å²) in [7, 11) is 7.66. The molecule has 29 heteroatoms. The Labute approximate surface area is 573 Å². The van der Waals surface area contributed by atoms with E-state index in [0.717, 1.165) is 45.7 Å². The Bertz CT molecular complexity index is 3570. The molecule has 0 radical (unpaired) electrons. The Kier molecular flexibility index (Phi) is 26.3. The predicted octanol–water partition coefficient (Wildman–Crippen LogP) is 5.80. The maximum atomic E-state index is 14.5. The zero-order valence-electron chi connectivity index (χ0n) is 56.8. The number of alkyl carbamates (subject to hydrolysis) is 1. The first-order valence-electron chi connectivity index (χ1n) is 32.5. The minimum absolute atomic E-state index is 0.0709. The molecule has 3 fully saturated rings. The number of carbonyl (C=O) groups is 7. The van der Waals surface area contributed by atoms with Crippen molar-refractivity contribution in [3.8, 4) is 11.5 Å². The van der Waals surface area contributed by atoms with Gasteiger partial charge in [0.25, 0.3) is 0 Å². The lowest BCUT2D eigenvalue weighted by Gasteiger charge is -2.42. The second kappa shape index (κ2) is 33.9. The van der Waals surface area contributed by atoms with Crippen LogP contribution in [0.25, 0.3) is 10.9 Å². The molecule has 3 saturated heterocycles. The average molecular weight is 1390 g/mol. The molecular formula is C69H91ClN6O22. The highest BCUT2D eigenvalue weighted by Crippen LogP contribution is 2.49. The molecule has 4 aromatic rings. The fourth-order valence-corrected chi connectivity index (χ4v) is 12.3. The third-order valence-electron chi connectivity index (χ3n) is 18.2. The summed E-state index contributed by atoms with van der Waals surface area (Å²) in [5, 5.41) is 59.7. The van der Waals surface area contributed by atoms with Crippen LogP contribution in [0.5, 0.6) is 11.5 Å². The number of carboxylic acid groups (broad SMARTS) is 1. The quantitative estimate of drug-likeness (QED) is 0.0160. The number of fused-ring (bicyclic) bond motifs is 6. The molecule has 0 saturated carbocycles. The van der Waals surface area contributed by atoms with Crippen LogP contribution < -0.4 is 25.0 Å². The van der Waals surface area contributed by atoms with Gasteiger partial charge in [0.1, 0.15) is 77.2 Å². The number of hydrogen-bond acceptors (Lipinski definition) is 22. The van der Waals surface area contributed by atoms with E-state index in [0.29, 0.717) is 38.8 Å². The molecule has 28 nitrogen and oxygen atoms in total. The molecule has 7 N–H and O–H groups in total. The first kappa shape index (κ1) is 76.0. The van der Waals surface area contributed by atoms with E-state index in [4.69, 9.17) is 59.0 Å². The number of esters is 1. The second-order valence-electron chi connectivity index (χ2n) is 25.3. The number of carbonyl (C=O) groups excluding carboxylic acids is 6. The highest BCUT2D eigenvalue weighted by atomic mass is 35.5. The van der Waals surface area contributed by atoms with Crippen molar-refractivity contribution in [2.24, 2.45) is 5.92 Å². The number of carboxylic acids is 1. The number of aliphatic hydroxyl groups excluding tert-OH is 3. The zero-order chi connectivity index (χ0) is 71.3. The molecule has 1 unspecified atom stereocenters. The number of allylic oxidation sites excluding steroid dienone is 3. The SMILES string of the molecule is CCN(C)Cc1cc2ccccc2n1CCC(=O)CCCOCCOCCC(=O)Nc1cc(COC(=O)N(C)[C@@H](C)C(=O)O[C@H]2CC(=O)N(C)c3cc(cc(OC)c3Cl)C/C(C)=C/C=C/[C@@H](OC)[C@@]3(O)C[C@H](OC(=O)N3)[C@@H](C)[C@@H]3O[C@@]23C)ccc1OC1O[C@H](C(=O)O)[C@@H](O)[C@H](O)[C@H]1O. The van der Waals surface area contributed by atoms with Gasteiger partial charge in [-0.25, -0.2) is 19.2 Å². The third kappa shape index (κ3) is 18.8. The van der Waals surface area contributed by atoms with E-state index in [1.54, 1.807) is 38.1 Å². The van der Waals surface area contributed by atoms with Crippen LogP contribution in [0.1, 0.15) is 90.0 Å². The molecule has 0 spiro atoms. The van der Waals surface area contributed by atoms with Crippen molar-refractivity contribution in [2.75, 3.05) is 78.6 Å². The van der Waals surface area contributed by atoms with Crippen LogP contribution in [0.4, 0.5) is 21.0 Å². The van der Waals surface area contributed by atoms with Crippen LogP contribution >= 0.6 is 11.6 Å². The number of benzene rings is 3. The summed E-state index contributed by atoms with van der Waals surface area (Å²) >= 11 is 6.85. The van der Waals surface area contributed by atoms with Gasteiger partial charge in [-0.3, -0.25) is 24.6 Å². The number of hydrogen-bond donors (Lipinski definition) is 7. The molecule has 4 aliphatic rings. The normalized spacial score (nSPS) is 26.9. The summed E-state index contributed by atoms with van der Waals surface area (Å²) in [5.74, 6) is -4.28. The fourth-order valence-electron chi connectivity index (χ4n) is 12.0. The Hall–Kier alpha value is -7.74. The summed E-state index contributed by atoms with van der Waals surface area (Å²) < 4.78 is 59.9. The molecule has 1 aromatic heterocycles. The van der Waals surface area contributed by atoms with Gasteiger partial charge in [-0.15, -0.1) is 0 Å². The molecule has 3 aromatic carbocycles. The molecule has 8 rings (SSSR count). The Balaban J connectivity index is 0.894. The molecule has 13 atom stereocenters. The van der Waals surface area contributed by atoms with Crippen LogP contribution in [0.2, 0.25) is 5.02 Å². The molecule has 536 valence electrons. The number of epoxide rings is 1. The number of nitrogens with zero attached hydrogens (tertiary/aromatic N) is 4. The summed E-state index contributed by atoms with van der Waals surface area (Å²) in [6, 6.07) is 16.4. The number of aliphatic carboxylic acids is 1. The van der Waals surface area contributed by atoms with Crippen LogP contribution in [0.15, 0.2) is 84.5 Å². The Morgan fingerprint density at radius 1 is 0.929 bits per heavy atom. The van der Waals surface area contributed by atoms with E-state index < -0.39 is 127 Å². The van der Waals surface area contributed by atoms with E-state index in [2.05, 4.69) is 52.3 Å². The first-order chi connectivity index (χ1) is 46.6. The number of likely N-dealkylation sites (N-methyl/N-ethyl adjacent to an activating group) is 1. The molecule has 4 bridgehead atoms. The number of aliphatic hydroxyl groups is 4. The third-order valence-corrected chi connectivity index (χ3v) is 18.6. The highest BCUT2D eigenvalue weighted by Gasteiger charge is 2.64. The Morgan fingerprint density at radius 3 is 2.38 bits per heavy atom. The predicted molar refractivity (Wildman–Crippen MR) is 355 cm³/mol. The van der Waals surface area contributed by atoms with Gasteiger partial charge in [-0.1, -0.05) is 73.5 Å². The number of ether oxygens (including phenoxy) is 10. The van der Waals surface area contributed by atoms with E-state index in [1.165, 1.54) is 58.3 Å². The summed E-state index contributed by atoms with van der Waals surface area (Å²) in [4.78, 5) is 98.8. The lowest BCUT2D eigenvalue weighted by atomic mass is 9.83. The van der Waals surface area contributed by atoms with Gasteiger partial charge in [0.2, 0.25) is 18.1 Å². The summed E-state index contributed by atoms with van der Waals surface area (Å²) in [5.41, 5.74) is 0.895. The molecule has 4 amide bonds. The van der Waals surface area contributed by atoms with Crippen molar-refractivity contribution in [2.45, 2.75) is 172 Å². The van der Waals surface area contributed by atoms with E-state index >= 15 is 0 Å². The maximum Gasteiger partial charge on any atom is 0.410 e. The van der Waals surface area contributed by atoms with Crippen molar-refractivity contribution in [1.82, 2.24) is 19.7 Å². The van der Waals surface area contributed by atoms with Gasteiger partial charge in [0.15, 0.2) is 11.8 Å². The van der Waals surface area contributed by atoms with E-state index in [1.807, 2.05) is 25.1 Å². The van der Waals surface area contributed by atoms with Crippen molar-refractivity contribution in [3.05, 3.63) is 106 Å². The van der Waals surface area contributed by atoms with Crippen LogP contribution in [0, 0.1) is 5.92 Å². The van der Waals surface area contributed by atoms with Crippen LogP contribution in [-0.2, 0) is 88.0 Å². The van der Waals surface area contributed by atoms with Crippen molar-refractivity contribution >= 4 is 75.6 Å². The number of amides is 4. The highest BCUT2D eigenvalue weighted by molar-refractivity contribution is 6.35. The van der Waals surface area contributed by atoms with Crippen LogP contribution in [0.3, 0.4) is 0 Å². The number of ketones is 1. The minimum Gasteiger partial charge on any atom is -0.495 e. The van der Waals surface area contributed by atoms with Gasteiger partial charge >= 0.3 is 24.1 Å². The van der Waals surface area contributed by atoms with Crippen molar-refractivity contribution in [1.29, 1.82) is 0 Å². The minimum atomic E-state index is -2.02. The van der Waals surface area contributed by atoms with Gasteiger partial charge in [0, 0.05) is 77.3 Å². The molecule has 0 aliphatic carbocycles. The number of Topliss-reactive ketones (excluding diaryl/α,β-unsaturated/α-hetero) is 1. The number of aromatic nitrogens is 1. The fraction of sp³-hybridized carbons (Fsp3) is 0.551. The molecule has 98 heavy (non-hydrogen) atoms.